The molecule has 0 saturated heterocycles. The second-order valence-electron chi connectivity index (χ2n) is 6.21. The van der Waals surface area contributed by atoms with E-state index in [4.69, 9.17) is 9.47 Å². The van der Waals surface area contributed by atoms with E-state index in [1.165, 1.54) is 12.1 Å². The van der Waals surface area contributed by atoms with Crippen LogP contribution in [0.2, 0.25) is 0 Å². The molecule has 150 valence electrons. The molecule has 0 fully saturated rings. The van der Waals surface area contributed by atoms with Gasteiger partial charge in [-0.25, -0.2) is 0 Å². The lowest BCUT2D eigenvalue weighted by atomic mass is 10.1. The van der Waals surface area contributed by atoms with Crippen molar-refractivity contribution >= 4 is 0 Å². The zero-order valence-corrected chi connectivity index (χ0v) is 16.7. The van der Waals surface area contributed by atoms with Crippen LogP contribution in [0.25, 0.3) is 0 Å². The Kier molecular flexibility index (Phi) is 9.72. The summed E-state index contributed by atoms with van der Waals surface area (Å²) < 4.78 is 38.5. The minimum atomic E-state index is -1.08. The van der Waals surface area contributed by atoms with Crippen molar-refractivity contribution in [2.75, 3.05) is 13.2 Å². The minimum Gasteiger partial charge on any atom is -0.490 e. The van der Waals surface area contributed by atoms with Gasteiger partial charge < -0.3 is 9.47 Å². The molecule has 0 unspecified atom stereocenters. The van der Waals surface area contributed by atoms with Crippen molar-refractivity contribution in [1.29, 1.82) is 0 Å². The maximum absolute atomic E-state index is 14.1. The molecule has 4 heteroatoms. The lowest BCUT2D eigenvalue weighted by Gasteiger charge is -2.11. The van der Waals surface area contributed by atoms with Gasteiger partial charge in [0.25, 0.3) is 0 Å². The Morgan fingerprint density at radius 3 is 1.82 bits per heavy atom. The molecule has 0 radical (unpaired) electrons. The largest absolute Gasteiger partial charge is 0.490 e. The van der Waals surface area contributed by atoms with Crippen LogP contribution in [0.5, 0.6) is 11.5 Å². The molecular formula is C24H28F2O2. The Morgan fingerprint density at radius 2 is 1.32 bits per heavy atom. The van der Waals surface area contributed by atoms with Gasteiger partial charge in [-0.2, -0.15) is 8.78 Å². The summed E-state index contributed by atoms with van der Waals surface area (Å²) in [6.07, 6.45) is 8.74. The minimum absolute atomic E-state index is 0.00423. The molecule has 1 aromatic carbocycles. The molecule has 0 aliphatic heterocycles. The van der Waals surface area contributed by atoms with Crippen LogP contribution in [0.3, 0.4) is 0 Å². The zero-order valence-electron chi connectivity index (χ0n) is 16.7. The maximum atomic E-state index is 14.1. The van der Waals surface area contributed by atoms with E-state index in [0.717, 1.165) is 17.6 Å². The van der Waals surface area contributed by atoms with Crippen molar-refractivity contribution in [3.05, 3.63) is 96.7 Å². The second-order valence-corrected chi connectivity index (χ2v) is 6.21. The highest BCUT2D eigenvalue weighted by molar-refractivity contribution is 5.45. The Morgan fingerprint density at radius 1 is 0.821 bits per heavy atom. The fraction of sp³-hybridized carbons (Fsp3) is 0.250. The van der Waals surface area contributed by atoms with E-state index >= 15 is 0 Å². The number of hydrogen-bond acceptors (Lipinski definition) is 2. The van der Waals surface area contributed by atoms with Crippen LogP contribution in [0.4, 0.5) is 8.78 Å². The Balaban J connectivity index is 2.62. The van der Waals surface area contributed by atoms with Gasteiger partial charge in [0.15, 0.2) is 11.5 Å². The molecule has 2 nitrogen and oxygen atoms in total. The van der Waals surface area contributed by atoms with E-state index in [9.17, 15) is 8.78 Å². The number of allylic oxidation sites excluding steroid dienone is 6. The van der Waals surface area contributed by atoms with Crippen molar-refractivity contribution in [3.8, 4) is 11.5 Å². The molecule has 0 heterocycles. The maximum Gasteiger partial charge on any atom is 0.204 e. The normalized spacial score (nSPS) is 11.0. The third-order valence-electron chi connectivity index (χ3n) is 3.79. The first-order valence-electron chi connectivity index (χ1n) is 9.13. The first-order chi connectivity index (χ1) is 13.3. The molecule has 1 rings (SSSR count). The Labute approximate surface area is 166 Å². The van der Waals surface area contributed by atoms with Crippen molar-refractivity contribution in [3.63, 3.8) is 0 Å². The average molecular weight is 386 g/mol. The molecule has 0 aliphatic rings. The van der Waals surface area contributed by atoms with E-state index in [2.05, 4.69) is 26.3 Å². The molecule has 0 saturated carbocycles. The summed E-state index contributed by atoms with van der Waals surface area (Å²) in [6, 6.07) is 2.69. The summed E-state index contributed by atoms with van der Waals surface area (Å²) in [6.45, 7) is 19.8. The molecule has 28 heavy (non-hydrogen) atoms. The summed E-state index contributed by atoms with van der Waals surface area (Å²) in [4.78, 5) is 0. The predicted molar refractivity (Wildman–Crippen MR) is 113 cm³/mol. The predicted octanol–water partition coefficient (Wildman–Crippen LogP) is 6.88. The highest BCUT2D eigenvalue weighted by Crippen LogP contribution is 2.28. The monoisotopic (exact) mass is 386 g/mol. The number of ether oxygens (including phenoxy) is 2. The number of halogens is 2. The summed E-state index contributed by atoms with van der Waals surface area (Å²) >= 11 is 0. The first-order valence-corrected chi connectivity index (χ1v) is 9.13. The first kappa shape index (κ1) is 23.2. The van der Waals surface area contributed by atoms with Crippen molar-refractivity contribution < 1.29 is 18.3 Å². The van der Waals surface area contributed by atoms with Crippen LogP contribution in [0.15, 0.2) is 85.0 Å². The fourth-order valence-electron chi connectivity index (χ4n) is 1.94. The van der Waals surface area contributed by atoms with Gasteiger partial charge >= 0.3 is 0 Å². The van der Waals surface area contributed by atoms with Gasteiger partial charge in [0, 0.05) is 0 Å². The highest BCUT2D eigenvalue weighted by atomic mass is 19.2. The number of rotatable bonds is 12. The lowest BCUT2D eigenvalue weighted by Crippen LogP contribution is -2.04. The van der Waals surface area contributed by atoms with Crippen LogP contribution >= 0.6 is 0 Å². The molecule has 0 bridgehead atoms. The van der Waals surface area contributed by atoms with E-state index in [1.807, 2.05) is 26.0 Å². The van der Waals surface area contributed by atoms with Crippen LogP contribution in [-0.4, -0.2) is 13.2 Å². The summed E-state index contributed by atoms with van der Waals surface area (Å²) in [5.41, 5.74) is 3.02. The van der Waals surface area contributed by atoms with E-state index in [1.54, 1.807) is 12.2 Å². The fourth-order valence-corrected chi connectivity index (χ4v) is 1.94. The van der Waals surface area contributed by atoms with E-state index in [-0.39, 0.29) is 18.1 Å². The van der Waals surface area contributed by atoms with Gasteiger partial charge in [-0.05, 0) is 41.7 Å². The molecule has 0 amide bonds. The third-order valence-corrected chi connectivity index (χ3v) is 3.79. The van der Waals surface area contributed by atoms with Crippen LogP contribution < -0.4 is 9.47 Å². The third kappa shape index (κ3) is 7.39. The Bertz CT molecular complexity index is 801. The highest BCUT2D eigenvalue weighted by Gasteiger charge is 2.15. The Hall–Kier alpha value is -2.88. The summed E-state index contributed by atoms with van der Waals surface area (Å²) in [5.74, 6) is -2.46. The van der Waals surface area contributed by atoms with Gasteiger partial charge in [-0.15, -0.1) is 0 Å². The van der Waals surface area contributed by atoms with Crippen molar-refractivity contribution in [2.45, 2.75) is 26.7 Å². The van der Waals surface area contributed by atoms with Crippen molar-refractivity contribution in [2.24, 2.45) is 0 Å². The number of hydrogen-bond donors (Lipinski definition) is 0. The summed E-state index contributed by atoms with van der Waals surface area (Å²) in [7, 11) is 0. The molecule has 0 N–H and O–H groups in total. The van der Waals surface area contributed by atoms with Crippen molar-refractivity contribution in [1.82, 2.24) is 0 Å². The molecule has 0 aromatic heterocycles. The van der Waals surface area contributed by atoms with Crippen LogP contribution in [0, 0.1) is 11.6 Å². The topological polar surface area (TPSA) is 18.5 Å². The van der Waals surface area contributed by atoms with Gasteiger partial charge in [-0.1, -0.05) is 70.0 Å². The molecule has 0 atom stereocenters. The lowest BCUT2D eigenvalue weighted by molar-refractivity contribution is 0.285. The molecule has 1 aromatic rings. The SMILES string of the molecule is C=C(/C=C\C(=C)C(=C)/C=C\C(=C)COc1ccc(OCCC)c(F)c1F)CC. The average Bonchev–Trinajstić information content (AvgIpc) is 2.70. The molecule has 0 aliphatic carbocycles. The molecular weight excluding hydrogens is 358 g/mol. The van der Waals surface area contributed by atoms with Gasteiger partial charge in [0.2, 0.25) is 11.6 Å². The van der Waals surface area contributed by atoms with E-state index in [0.29, 0.717) is 24.2 Å². The van der Waals surface area contributed by atoms with Crippen LogP contribution in [-0.2, 0) is 0 Å². The second kappa shape index (κ2) is 11.8. The van der Waals surface area contributed by atoms with Gasteiger partial charge in [0.05, 0.1) is 6.61 Å². The standard InChI is InChI=1S/C24H28F2O2/c1-7-15-27-21-13-14-22(24(26)23(21)25)28-16-18(4)10-12-20(6)19(5)11-9-17(3)8-2/h9-14H,3-8,15-16H2,1-2H3/b11-9-,12-10-. The molecule has 0 spiro atoms. The van der Waals surface area contributed by atoms with E-state index < -0.39 is 11.6 Å². The zero-order chi connectivity index (χ0) is 21.1. The quantitative estimate of drug-likeness (QED) is 0.365. The summed E-state index contributed by atoms with van der Waals surface area (Å²) in [5, 5.41) is 0. The van der Waals surface area contributed by atoms with Gasteiger partial charge in [-0.3, -0.25) is 0 Å². The smallest absolute Gasteiger partial charge is 0.204 e. The number of benzene rings is 1. The van der Waals surface area contributed by atoms with Crippen LogP contribution in [0.1, 0.15) is 26.7 Å². The van der Waals surface area contributed by atoms with Gasteiger partial charge in [0.1, 0.15) is 6.61 Å².